The number of hydrogen-bond donors (Lipinski definition) is 2. The Labute approximate surface area is 100 Å². The molecular formula is C11H16F2O3Si. The minimum Gasteiger partial charge on any atom is -0.390 e. The SMILES string of the molecule is CO[Si](O)(O)CCCCc1ccc(F)cc1F. The van der Waals surface area contributed by atoms with Crippen molar-refractivity contribution in [2.24, 2.45) is 0 Å². The first-order chi connectivity index (χ1) is 7.94. The summed E-state index contributed by atoms with van der Waals surface area (Å²) in [7, 11) is -2.24. The molecule has 0 saturated heterocycles. The molecule has 0 aliphatic heterocycles. The van der Waals surface area contributed by atoms with Crippen molar-refractivity contribution in [2.45, 2.75) is 25.3 Å². The van der Waals surface area contributed by atoms with Gasteiger partial charge in [0.05, 0.1) is 0 Å². The summed E-state index contributed by atoms with van der Waals surface area (Å²) in [6, 6.07) is 3.65. The second-order valence-electron chi connectivity index (χ2n) is 3.89. The standard InChI is InChI=1S/C11H16F2O3Si/c1-16-17(14,15)7-3-2-4-9-5-6-10(12)8-11(9)13/h5-6,8,14-15H,2-4,7H2,1H3. The summed E-state index contributed by atoms with van der Waals surface area (Å²) >= 11 is 0. The summed E-state index contributed by atoms with van der Waals surface area (Å²) < 4.78 is 30.4. The molecule has 0 bridgehead atoms. The highest BCUT2D eigenvalue weighted by atomic mass is 28.4. The summed E-state index contributed by atoms with van der Waals surface area (Å²) in [5, 5.41) is 0. The van der Waals surface area contributed by atoms with E-state index in [1.165, 1.54) is 19.2 Å². The van der Waals surface area contributed by atoms with E-state index in [0.29, 0.717) is 24.8 Å². The fraction of sp³-hybridized carbons (Fsp3) is 0.455. The molecule has 1 aromatic rings. The fourth-order valence-corrected chi connectivity index (χ4v) is 2.41. The highest BCUT2D eigenvalue weighted by molar-refractivity contribution is 6.57. The van der Waals surface area contributed by atoms with Crippen molar-refractivity contribution in [2.75, 3.05) is 7.11 Å². The lowest BCUT2D eigenvalue weighted by atomic mass is 10.1. The van der Waals surface area contributed by atoms with Gasteiger partial charge in [-0.15, -0.1) is 0 Å². The minimum absolute atomic E-state index is 0.187. The van der Waals surface area contributed by atoms with E-state index in [9.17, 15) is 18.4 Å². The van der Waals surface area contributed by atoms with Crippen molar-refractivity contribution < 1.29 is 22.8 Å². The molecule has 2 N–H and O–H groups in total. The Hall–Kier alpha value is -0.823. The van der Waals surface area contributed by atoms with E-state index in [1.807, 2.05) is 0 Å². The van der Waals surface area contributed by atoms with Gasteiger partial charge in [0, 0.05) is 19.2 Å². The van der Waals surface area contributed by atoms with Crippen molar-refractivity contribution in [3.05, 3.63) is 35.4 Å². The first kappa shape index (κ1) is 14.2. The Morgan fingerprint density at radius 3 is 2.53 bits per heavy atom. The van der Waals surface area contributed by atoms with Crippen molar-refractivity contribution in [3.63, 3.8) is 0 Å². The van der Waals surface area contributed by atoms with E-state index in [0.717, 1.165) is 6.07 Å². The number of aryl methyl sites for hydroxylation is 1. The number of halogens is 2. The van der Waals surface area contributed by atoms with E-state index in [2.05, 4.69) is 4.43 Å². The molecule has 17 heavy (non-hydrogen) atoms. The van der Waals surface area contributed by atoms with Crippen molar-refractivity contribution in [1.29, 1.82) is 0 Å². The second kappa shape index (κ2) is 6.20. The largest absolute Gasteiger partial charge is 0.495 e. The molecule has 0 radical (unpaired) electrons. The predicted molar refractivity (Wildman–Crippen MR) is 61.3 cm³/mol. The van der Waals surface area contributed by atoms with Gasteiger partial charge in [-0.1, -0.05) is 6.07 Å². The van der Waals surface area contributed by atoms with Gasteiger partial charge in [-0.05, 0) is 30.9 Å². The molecule has 6 heteroatoms. The maximum absolute atomic E-state index is 13.2. The summed E-state index contributed by atoms with van der Waals surface area (Å²) in [6.45, 7) is 0. The Kier molecular flexibility index (Phi) is 5.19. The smallest absolute Gasteiger partial charge is 0.390 e. The van der Waals surface area contributed by atoms with Crippen molar-refractivity contribution in [1.82, 2.24) is 0 Å². The van der Waals surface area contributed by atoms with Gasteiger partial charge in [0.25, 0.3) is 0 Å². The summed E-state index contributed by atoms with van der Waals surface area (Å²) in [6.07, 6.45) is 1.58. The molecule has 1 aromatic carbocycles. The Morgan fingerprint density at radius 2 is 1.94 bits per heavy atom. The van der Waals surface area contributed by atoms with Crippen LogP contribution in [0.15, 0.2) is 18.2 Å². The molecule has 0 amide bonds. The molecule has 0 aliphatic rings. The van der Waals surface area contributed by atoms with Crippen LogP contribution in [0.4, 0.5) is 8.78 Å². The zero-order valence-corrected chi connectivity index (χ0v) is 10.6. The minimum atomic E-state index is -3.49. The van der Waals surface area contributed by atoms with Crippen LogP contribution in [-0.4, -0.2) is 25.5 Å². The van der Waals surface area contributed by atoms with E-state index in [4.69, 9.17) is 0 Å². The van der Waals surface area contributed by atoms with Crippen LogP contribution in [0.2, 0.25) is 6.04 Å². The average molecular weight is 262 g/mol. The lowest BCUT2D eigenvalue weighted by Gasteiger charge is -2.14. The Morgan fingerprint density at radius 1 is 1.24 bits per heavy atom. The summed E-state index contributed by atoms with van der Waals surface area (Å²) in [4.78, 5) is 18.5. The summed E-state index contributed by atoms with van der Waals surface area (Å²) in [5.74, 6) is -1.16. The molecule has 0 aromatic heterocycles. The van der Waals surface area contributed by atoms with Gasteiger partial charge in [0.15, 0.2) is 0 Å². The molecule has 0 fully saturated rings. The maximum Gasteiger partial charge on any atom is 0.495 e. The molecule has 3 nitrogen and oxygen atoms in total. The van der Waals surface area contributed by atoms with Crippen LogP contribution < -0.4 is 0 Å². The lowest BCUT2D eigenvalue weighted by molar-refractivity contribution is 0.183. The predicted octanol–water partition coefficient (Wildman–Crippen LogP) is 1.86. The number of rotatable bonds is 6. The highest BCUT2D eigenvalue weighted by Crippen LogP contribution is 2.15. The van der Waals surface area contributed by atoms with Gasteiger partial charge in [-0.3, -0.25) is 0 Å². The highest BCUT2D eigenvalue weighted by Gasteiger charge is 2.29. The van der Waals surface area contributed by atoms with Crippen LogP contribution in [-0.2, 0) is 10.8 Å². The number of benzene rings is 1. The molecule has 0 spiro atoms. The van der Waals surface area contributed by atoms with E-state index in [-0.39, 0.29) is 6.04 Å². The van der Waals surface area contributed by atoms with E-state index < -0.39 is 20.4 Å². The van der Waals surface area contributed by atoms with Crippen molar-refractivity contribution in [3.8, 4) is 0 Å². The molecule has 0 atom stereocenters. The first-order valence-electron chi connectivity index (χ1n) is 5.38. The molecule has 0 aliphatic carbocycles. The molecule has 1 rings (SSSR count). The summed E-state index contributed by atoms with van der Waals surface area (Å²) in [5.41, 5.74) is 0.437. The third kappa shape index (κ3) is 4.91. The van der Waals surface area contributed by atoms with Crippen molar-refractivity contribution >= 4 is 8.80 Å². The van der Waals surface area contributed by atoms with Crippen LogP contribution in [0.25, 0.3) is 0 Å². The van der Waals surface area contributed by atoms with Gasteiger partial charge < -0.3 is 14.0 Å². The molecule has 0 saturated carbocycles. The van der Waals surface area contributed by atoms with Crippen LogP contribution in [0.5, 0.6) is 0 Å². The lowest BCUT2D eigenvalue weighted by Crippen LogP contribution is -2.37. The van der Waals surface area contributed by atoms with Crippen LogP contribution in [0.3, 0.4) is 0 Å². The second-order valence-corrected chi connectivity index (χ2v) is 6.28. The van der Waals surface area contributed by atoms with Gasteiger partial charge in [0.2, 0.25) is 0 Å². The monoisotopic (exact) mass is 262 g/mol. The molecule has 96 valence electrons. The Balaban J connectivity index is 2.36. The topological polar surface area (TPSA) is 49.7 Å². The van der Waals surface area contributed by atoms with Gasteiger partial charge in [-0.2, -0.15) is 0 Å². The molecular weight excluding hydrogens is 246 g/mol. The van der Waals surface area contributed by atoms with Crippen LogP contribution in [0, 0.1) is 11.6 Å². The number of unbranched alkanes of at least 4 members (excludes halogenated alkanes) is 1. The van der Waals surface area contributed by atoms with E-state index >= 15 is 0 Å². The Bertz CT molecular complexity index is 372. The van der Waals surface area contributed by atoms with Gasteiger partial charge in [-0.25, -0.2) is 8.78 Å². The fourth-order valence-electron chi connectivity index (χ4n) is 1.50. The first-order valence-corrected chi connectivity index (χ1v) is 7.39. The quantitative estimate of drug-likeness (QED) is 0.607. The van der Waals surface area contributed by atoms with Crippen LogP contribution in [0.1, 0.15) is 18.4 Å². The normalized spacial score (nSPS) is 11.8. The maximum atomic E-state index is 13.2. The van der Waals surface area contributed by atoms with E-state index in [1.54, 1.807) is 0 Å². The molecule has 0 unspecified atom stereocenters. The molecule has 0 heterocycles. The number of hydrogen-bond acceptors (Lipinski definition) is 3. The third-order valence-corrected chi connectivity index (χ3v) is 4.20. The average Bonchev–Trinajstić information content (AvgIpc) is 2.27. The third-order valence-electron chi connectivity index (χ3n) is 2.54. The van der Waals surface area contributed by atoms with Crippen LogP contribution >= 0.6 is 0 Å². The zero-order valence-electron chi connectivity index (χ0n) is 9.62. The van der Waals surface area contributed by atoms with Gasteiger partial charge in [0.1, 0.15) is 11.6 Å². The zero-order chi connectivity index (χ0) is 12.9. The van der Waals surface area contributed by atoms with Gasteiger partial charge >= 0.3 is 8.80 Å².